The molecule has 0 saturated carbocycles. The van der Waals surface area contributed by atoms with Crippen molar-refractivity contribution in [2.75, 3.05) is 18.5 Å². The van der Waals surface area contributed by atoms with E-state index < -0.39 is 0 Å². The van der Waals surface area contributed by atoms with Crippen LogP contribution in [-0.4, -0.2) is 29.6 Å². The van der Waals surface area contributed by atoms with Gasteiger partial charge in [-0.3, -0.25) is 4.98 Å². The lowest BCUT2D eigenvalue weighted by Crippen LogP contribution is -2.25. The Hall–Kier alpha value is -2.27. The van der Waals surface area contributed by atoms with Gasteiger partial charge in [-0.2, -0.15) is 0 Å². The van der Waals surface area contributed by atoms with Crippen LogP contribution in [0.15, 0.2) is 47.8 Å². The molecule has 3 N–H and O–H groups in total. The summed E-state index contributed by atoms with van der Waals surface area (Å²) in [5.74, 6) is 0.0614. The van der Waals surface area contributed by atoms with Crippen molar-refractivity contribution >= 4 is 23.1 Å². The number of nitrogens with zero attached hydrogens (tertiary/aromatic N) is 3. The van der Waals surface area contributed by atoms with Crippen molar-refractivity contribution < 1.29 is 5.21 Å². The summed E-state index contributed by atoms with van der Waals surface area (Å²) in [4.78, 5) is 6.30. The molecule has 21 heavy (non-hydrogen) atoms. The maximum atomic E-state index is 8.87. The van der Waals surface area contributed by atoms with Crippen LogP contribution in [0.25, 0.3) is 0 Å². The van der Waals surface area contributed by atoms with E-state index in [1.807, 2.05) is 30.1 Å². The third-order valence-electron chi connectivity index (χ3n) is 3.18. The Kier molecular flexibility index (Phi) is 5.00. The van der Waals surface area contributed by atoms with Gasteiger partial charge in [0.05, 0.1) is 0 Å². The largest absolute Gasteiger partial charge is 0.409 e. The monoisotopic (exact) mass is 304 g/mol. The predicted octanol–water partition coefficient (Wildman–Crippen LogP) is 2.51. The van der Waals surface area contributed by atoms with Gasteiger partial charge >= 0.3 is 0 Å². The Morgan fingerprint density at radius 2 is 2.19 bits per heavy atom. The van der Waals surface area contributed by atoms with Crippen molar-refractivity contribution in [3.05, 3.63) is 58.9 Å². The van der Waals surface area contributed by atoms with E-state index in [1.165, 1.54) is 0 Å². The van der Waals surface area contributed by atoms with Crippen molar-refractivity contribution in [1.82, 2.24) is 4.98 Å². The number of amidine groups is 1. The average Bonchev–Trinajstić information content (AvgIpc) is 2.52. The standard InChI is InChI=1S/C15H17ClN4O/c1-20(9-7-12-4-2-3-8-18-12)14-10-11(16)5-6-13(14)15(17)19-21/h2-6,8,10,21H,7,9H2,1H3,(H2,17,19). The van der Waals surface area contributed by atoms with E-state index >= 15 is 0 Å². The van der Waals surface area contributed by atoms with Gasteiger partial charge < -0.3 is 15.8 Å². The highest BCUT2D eigenvalue weighted by Crippen LogP contribution is 2.24. The molecule has 0 aliphatic rings. The van der Waals surface area contributed by atoms with Crippen LogP contribution in [0.1, 0.15) is 11.3 Å². The van der Waals surface area contributed by atoms with Gasteiger partial charge in [-0.15, -0.1) is 0 Å². The smallest absolute Gasteiger partial charge is 0.172 e. The number of hydrogen-bond donors (Lipinski definition) is 2. The lowest BCUT2D eigenvalue weighted by Gasteiger charge is -2.22. The number of nitrogens with two attached hydrogens (primary N) is 1. The minimum Gasteiger partial charge on any atom is -0.409 e. The first kappa shape index (κ1) is 15.1. The molecule has 2 aromatic rings. The van der Waals surface area contributed by atoms with Crippen molar-refractivity contribution in [3.8, 4) is 0 Å². The van der Waals surface area contributed by atoms with Crippen molar-refractivity contribution in [2.45, 2.75) is 6.42 Å². The highest BCUT2D eigenvalue weighted by molar-refractivity contribution is 6.31. The van der Waals surface area contributed by atoms with Crippen LogP contribution in [-0.2, 0) is 6.42 Å². The first-order chi connectivity index (χ1) is 10.1. The normalized spacial score (nSPS) is 11.4. The van der Waals surface area contributed by atoms with E-state index in [1.54, 1.807) is 24.4 Å². The number of rotatable bonds is 5. The second kappa shape index (κ2) is 6.95. The molecule has 0 amide bonds. The van der Waals surface area contributed by atoms with Gasteiger partial charge in [0.25, 0.3) is 0 Å². The number of anilines is 1. The zero-order chi connectivity index (χ0) is 15.2. The van der Waals surface area contributed by atoms with E-state index in [-0.39, 0.29) is 5.84 Å². The maximum Gasteiger partial charge on any atom is 0.172 e. The molecular weight excluding hydrogens is 288 g/mol. The summed E-state index contributed by atoms with van der Waals surface area (Å²) in [6, 6.07) is 11.1. The molecule has 6 heteroatoms. The third-order valence-corrected chi connectivity index (χ3v) is 3.42. The maximum absolute atomic E-state index is 8.87. The van der Waals surface area contributed by atoms with E-state index in [4.69, 9.17) is 22.5 Å². The molecule has 0 atom stereocenters. The third kappa shape index (κ3) is 3.86. The van der Waals surface area contributed by atoms with Gasteiger partial charge in [-0.1, -0.05) is 22.8 Å². The van der Waals surface area contributed by atoms with Gasteiger partial charge in [0.2, 0.25) is 0 Å². The molecule has 0 fully saturated rings. The van der Waals surface area contributed by atoms with Gasteiger partial charge in [0.15, 0.2) is 5.84 Å². The van der Waals surface area contributed by atoms with Gasteiger partial charge in [0.1, 0.15) is 0 Å². The molecular formula is C15H17ClN4O. The van der Waals surface area contributed by atoms with Crippen LogP contribution in [0.4, 0.5) is 5.69 Å². The fourth-order valence-electron chi connectivity index (χ4n) is 2.04. The van der Waals surface area contributed by atoms with Crippen LogP contribution in [0.5, 0.6) is 0 Å². The minimum atomic E-state index is 0.0614. The summed E-state index contributed by atoms with van der Waals surface area (Å²) in [5.41, 5.74) is 8.18. The Labute approximate surface area is 128 Å². The van der Waals surface area contributed by atoms with Crippen LogP contribution in [0, 0.1) is 0 Å². The molecule has 110 valence electrons. The number of benzene rings is 1. The quantitative estimate of drug-likeness (QED) is 0.385. The second-order valence-electron chi connectivity index (χ2n) is 4.64. The topological polar surface area (TPSA) is 74.7 Å². The summed E-state index contributed by atoms with van der Waals surface area (Å²) in [6.07, 6.45) is 2.57. The van der Waals surface area contributed by atoms with Gasteiger partial charge in [-0.05, 0) is 30.3 Å². The van der Waals surface area contributed by atoms with Gasteiger partial charge in [0, 0.05) is 48.2 Å². The number of oxime groups is 1. The summed E-state index contributed by atoms with van der Waals surface area (Å²) in [7, 11) is 1.93. The van der Waals surface area contributed by atoms with Crippen LogP contribution < -0.4 is 10.6 Å². The highest BCUT2D eigenvalue weighted by Gasteiger charge is 2.12. The number of likely N-dealkylation sites (N-methyl/N-ethyl adjacent to an activating group) is 1. The van der Waals surface area contributed by atoms with E-state index in [0.717, 1.165) is 24.3 Å². The molecule has 1 heterocycles. The molecule has 0 unspecified atom stereocenters. The lowest BCUT2D eigenvalue weighted by atomic mass is 10.1. The van der Waals surface area contributed by atoms with E-state index in [9.17, 15) is 0 Å². The average molecular weight is 305 g/mol. The Balaban J connectivity index is 2.18. The van der Waals surface area contributed by atoms with Gasteiger partial charge in [-0.25, -0.2) is 0 Å². The fraction of sp³-hybridized carbons (Fsp3) is 0.200. The minimum absolute atomic E-state index is 0.0614. The molecule has 0 spiro atoms. The summed E-state index contributed by atoms with van der Waals surface area (Å²) < 4.78 is 0. The molecule has 2 rings (SSSR count). The number of hydrogen-bond acceptors (Lipinski definition) is 4. The first-order valence-corrected chi connectivity index (χ1v) is 6.88. The fourth-order valence-corrected chi connectivity index (χ4v) is 2.21. The number of aromatic nitrogens is 1. The molecule has 0 radical (unpaired) electrons. The summed E-state index contributed by atoms with van der Waals surface area (Å²) >= 11 is 6.04. The second-order valence-corrected chi connectivity index (χ2v) is 5.08. The van der Waals surface area contributed by atoms with Crippen molar-refractivity contribution in [3.63, 3.8) is 0 Å². The molecule has 0 aliphatic heterocycles. The van der Waals surface area contributed by atoms with Crippen molar-refractivity contribution in [2.24, 2.45) is 10.9 Å². The number of halogens is 1. The molecule has 0 aliphatic carbocycles. The molecule has 0 saturated heterocycles. The highest BCUT2D eigenvalue weighted by atomic mass is 35.5. The SMILES string of the molecule is CN(CCc1ccccn1)c1cc(Cl)ccc1C(N)=NO. The van der Waals surface area contributed by atoms with E-state index in [0.29, 0.717) is 10.6 Å². The lowest BCUT2D eigenvalue weighted by molar-refractivity contribution is 0.318. The molecule has 0 bridgehead atoms. The first-order valence-electron chi connectivity index (χ1n) is 6.50. The Morgan fingerprint density at radius 3 is 2.86 bits per heavy atom. The molecule has 1 aromatic heterocycles. The van der Waals surface area contributed by atoms with E-state index in [2.05, 4.69) is 10.1 Å². The summed E-state index contributed by atoms with van der Waals surface area (Å²) in [5, 5.41) is 12.5. The van der Waals surface area contributed by atoms with Crippen molar-refractivity contribution in [1.29, 1.82) is 0 Å². The zero-order valence-electron chi connectivity index (χ0n) is 11.7. The van der Waals surface area contributed by atoms with Crippen LogP contribution in [0.3, 0.4) is 0 Å². The van der Waals surface area contributed by atoms with Crippen LogP contribution in [0.2, 0.25) is 5.02 Å². The molecule has 1 aromatic carbocycles. The zero-order valence-corrected chi connectivity index (χ0v) is 12.5. The number of pyridine rings is 1. The predicted molar refractivity (Wildman–Crippen MR) is 85.2 cm³/mol. The Morgan fingerprint density at radius 1 is 1.38 bits per heavy atom. The molecule has 5 nitrogen and oxygen atoms in total. The Bertz CT molecular complexity index is 631. The van der Waals surface area contributed by atoms with Crippen LogP contribution >= 0.6 is 11.6 Å². The summed E-state index contributed by atoms with van der Waals surface area (Å²) in [6.45, 7) is 0.739.